The molecule has 9 heteroatoms. The van der Waals surface area contributed by atoms with Crippen LogP contribution in [0.15, 0.2) is 24.3 Å². The topological polar surface area (TPSA) is 90.7 Å². The summed E-state index contributed by atoms with van der Waals surface area (Å²) in [5.41, 5.74) is 6.09. The highest BCUT2D eigenvalue weighted by Crippen LogP contribution is 2.12. The Labute approximate surface area is 122 Å². The summed E-state index contributed by atoms with van der Waals surface area (Å²) in [5.74, 6) is 0.270. The van der Waals surface area contributed by atoms with Crippen molar-refractivity contribution in [2.45, 2.75) is 6.43 Å². The number of nitrogens with two attached hydrogens (primary N) is 1. The Hall–Kier alpha value is -1.45. The lowest BCUT2D eigenvalue weighted by Crippen LogP contribution is -2.32. The van der Waals surface area contributed by atoms with Crippen LogP contribution in [0.2, 0.25) is 0 Å². The summed E-state index contributed by atoms with van der Waals surface area (Å²) in [6, 6.07) is 6.55. The zero-order valence-electron chi connectivity index (χ0n) is 11.3. The molecule has 0 aliphatic rings. The van der Waals surface area contributed by atoms with E-state index in [1.54, 1.807) is 24.3 Å². The van der Waals surface area contributed by atoms with Crippen molar-refractivity contribution in [1.29, 1.82) is 0 Å². The molecule has 1 rings (SSSR count). The second-order valence-electron chi connectivity index (χ2n) is 4.10. The fourth-order valence-corrected chi connectivity index (χ4v) is 2.19. The number of hydrogen-bond donors (Lipinski definition) is 2. The normalized spacial score (nSPS) is 11.8. The minimum Gasteiger partial charge on any atom is -0.492 e. The Balaban J connectivity index is 2.19. The summed E-state index contributed by atoms with van der Waals surface area (Å²) in [4.78, 5) is 0. The van der Waals surface area contributed by atoms with E-state index in [9.17, 15) is 17.2 Å². The summed E-state index contributed by atoms with van der Waals surface area (Å²) < 4.78 is 58.7. The molecule has 0 aliphatic carbocycles. The fraction of sp³-hybridized carbons (Fsp3) is 0.500. The average Bonchev–Trinajstić information content (AvgIpc) is 2.40. The third-order valence-electron chi connectivity index (χ3n) is 2.31. The van der Waals surface area contributed by atoms with E-state index in [-0.39, 0.29) is 25.5 Å². The van der Waals surface area contributed by atoms with Crippen LogP contribution in [0.4, 0.5) is 14.5 Å². The molecule has 0 atom stereocenters. The van der Waals surface area contributed by atoms with Crippen molar-refractivity contribution in [3.63, 3.8) is 0 Å². The number of nitrogen functional groups attached to an aromatic ring is 1. The maximum absolute atomic E-state index is 11.8. The van der Waals surface area contributed by atoms with Crippen molar-refractivity contribution in [1.82, 2.24) is 4.72 Å². The Morgan fingerprint density at radius 3 is 2.48 bits per heavy atom. The second-order valence-corrected chi connectivity index (χ2v) is 6.02. The first kappa shape index (κ1) is 17.6. The monoisotopic (exact) mass is 324 g/mol. The van der Waals surface area contributed by atoms with Crippen LogP contribution in [-0.4, -0.2) is 47.0 Å². The minimum atomic E-state index is -3.53. The van der Waals surface area contributed by atoms with E-state index in [4.69, 9.17) is 10.5 Å². The number of ether oxygens (including phenoxy) is 2. The van der Waals surface area contributed by atoms with Crippen molar-refractivity contribution >= 4 is 15.7 Å². The zero-order chi connectivity index (χ0) is 15.7. The molecule has 1 aromatic carbocycles. The minimum absolute atomic E-state index is 0.0306. The predicted molar refractivity (Wildman–Crippen MR) is 75.0 cm³/mol. The SMILES string of the molecule is Nc1ccc(OCCS(=O)(=O)NCCOCC(F)F)cc1. The van der Waals surface area contributed by atoms with Crippen LogP contribution in [0.3, 0.4) is 0 Å². The number of sulfonamides is 1. The molecule has 0 bridgehead atoms. The van der Waals surface area contributed by atoms with Crippen molar-refractivity contribution in [3.8, 4) is 5.75 Å². The van der Waals surface area contributed by atoms with Crippen LogP contribution >= 0.6 is 0 Å². The van der Waals surface area contributed by atoms with Gasteiger partial charge >= 0.3 is 0 Å². The fourth-order valence-electron chi connectivity index (χ4n) is 1.35. The Bertz CT molecular complexity index is 508. The highest BCUT2D eigenvalue weighted by atomic mass is 32.2. The Morgan fingerprint density at radius 2 is 1.86 bits per heavy atom. The van der Waals surface area contributed by atoms with E-state index in [1.807, 2.05) is 0 Å². The van der Waals surface area contributed by atoms with Gasteiger partial charge in [-0.1, -0.05) is 0 Å². The molecule has 0 fully saturated rings. The molecule has 120 valence electrons. The largest absolute Gasteiger partial charge is 0.492 e. The first-order chi connectivity index (χ1) is 9.89. The molecule has 0 radical (unpaired) electrons. The molecule has 0 aliphatic heterocycles. The quantitative estimate of drug-likeness (QED) is 0.492. The van der Waals surface area contributed by atoms with Gasteiger partial charge < -0.3 is 15.2 Å². The van der Waals surface area contributed by atoms with Gasteiger partial charge in [0.1, 0.15) is 19.0 Å². The van der Waals surface area contributed by atoms with Crippen LogP contribution in [0.1, 0.15) is 0 Å². The molecule has 0 amide bonds. The number of hydrogen-bond acceptors (Lipinski definition) is 5. The van der Waals surface area contributed by atoms with Crippen LogP contribution in [0.5, 0.6) is 5.75 Å². The molecular weight excluding hydrogens is 306 g/mol. The second kappa shape index (κ2) is 8.75. The lowest BCUT2D eigenvalue weighted by Gasteiger charge is -2.09. The lowest BCUT2D eigenvalue weighted by atomic mass is 10.3. The molecule has 0 saturated carbocycles. The highest BCUT2D eigenvalue weighted by molar-refractivity contribution is 7.89. The molecule has 1 aromatic rings. The van der Waals surface area contributed by atoms with Gasteiger partial charge in [-0.3, -0.25) is 0 Å². The smallest absolute Gasteiger partial charge is 0.261 e. The van der Waals surface area contributed by atoms with Crippen molar-refractivity contribution < 1.29 is 26.7 Å². The summed E-state index contributed by atoms with van der Waals surface area (Å²) >= 11 is 0. The van der Waals surface area contributed by atoms with Gasteiger partial charge in [0, 0.05) is 12.2 Å². The van der Waals surface area contributed by atoms with Crippen molar-refractivity contribution in [2.24, 2.45) is 0 Å². The first-order valence-electron chi connectivity index (χ1n) is 6.20. The summed E-state index contributed by atoms with van der Waals surface area (Å²) in [6.45, 7) is -0.904. The van der Waals surface area contributed by atoms with Gasteiger partial charge in [-0.05, 0) is 24.3 Å². The Kier molecular flexibility index (Phi) is 7.34. The molecule has 0 aromatic heterocycles. The van der Waals surface area contributed by atoms with Gasteiger partial charge in [0.05, 0.1) is 12.4 Å². The molecule has 21 heavy (non-hydrogen) atoms. The number of alkyl halides is 2. The maximum atomic E-state index is 11.8. The maximum Gasteiger partial charge on any atom is 0.261 e. The zero-order valence-corrected chi connectivity index (χ0v) is 12.1. The van der Waals surface area contributed by atoms with Crippen molar-refractivity contribution in [2.75, 3.05) is 37.9 Å². The summed E-state index contributed by atoms with van der Waals surface area (Å²) in [6.07, 6.45) is -2.56. The van der Waals surface area contributed by atoms with Gasteiger partial charge in [0.15, 0.2) is 0 Å². The van der Waals surface area contributed by atoms with Crippen LogP contribution in [0, 0.1) is 0 Å². The third-order valence-corrected chi connectivity index (χ3v) is 3.66. The van der Waals surface area contributed by atoms with Gasteiger partial charge in [0.2, 0.25) is 10.0 Å². The van der Waals surface area contributed by atoms with E-state index in [0.717, 1.165) is 0 Å². The number of anilines is 1. The first-order valence-corrected chi connectivity index (χ1v) is 7.86. The molecule has 6 nitrogen and oxygen atoms in total. The van der Waals surface area contributed by atoms with Gasteiger partial charge in [0.25, 0.3) is 6.43 Å². The molecular formula is C12H18F2N2O4S. The van der Waals surface area contributed by atoms with Crippen LogP contribution in [0.25, 0.3) is 0 Å². The standard InChI is InChI=1S/C12H18F2N2O4S/c13-12(14)9-19-6-5-16-21(17,18)8-7-20-11-3-1-10(15)2-4-11/h1-4,12,16H,5-9,15H2. The molecule has 0 spiro atoms. The van der Waals surface area contributed by atoms with E-state index in [1.165, 1.54) is 0 Å². The molecule has 0 heterocycles. The van der Waals surface area contributed by atoms with Gasteiger partial charge in [-0.25, -0.2) is 21.9 Å². The number of benzene rings is 1. The van der Waals surface area contributed by atoms with Crippen LogP contribution in [-0.2, 0) is 14.8 Å². The van der Waals surface area contributed by atoms with E-state index >= 15 is 0 Å². The highest BCUT2D eigenvalue weighted by Gasteiger charge is 2.10. The molecule has 0 saturated heterocycles. The van der Waals surface area contributed by atoms with Crippen LogP contribution < -0.4 is 15.2 Å². The number of rotatable bonds is 10. The molecule has 3 N–H and O–H groups in total. The Morgan fingerprint density at radius 1 is 1.19 bits per heavy atom. The third kappa shape index (κ3) is 8.43. The van der Waals surface area contributed by atoms with Gasteiger partial charge in [-0.15, -0.1) is 0 Å². The van der Waals surface area contributed by atoms with Gasteiger partial charge in [-0.2, -0.15) is 0 Å². The average molecular weight is 324 g/mol. The van der Waals surface area contributed by atoms with E-state index < -0.39 is 23.1 Å². The van der Waals surface area contributed by atoms with E-state index in [2.05, 4.69) is 9.46 Å². The predicted octanol–water partition coefficient (Wildman–Crippen LogP) is 0.849. The summed E-state index contributed by atoms with van der Waals surface area (Å²) in [7, 11) is -3.53. The summed E-state index contributed by atoms with van der Waals surface area (Å²) in [5, 5.41) is 0. The van der Waals surface area contributed by atoms with Crippen molar-refractivity contribution in [3.05, 3.63) is 24.3 Å². The van der Waals surface area contributed by atoms with E-state index in [0.29, 0.717) is 11.4 Å². The molecule has 0 unspecified atom stereocenters. The number of nitrogens with one attached hydrogen (secondary N) is 1. The lowest BCUT2D eigenvalue weighted by molar-refractivity contribution is 0.0199. The number of halogens is 2.